The molecule has 180 valence electrons. The fourth-order valence-electron chi connectivity index (χ4n) is 2.39. The second-order valence-electron chi connectivity index (χ2n) is 6.87. The van der Waals surface area contributed by atoms with E-state index in [-0.39, 0.29) is 5.97 Å². The maximum atomic E-state index is 10.0. The average Bonchev–Trinajstić information content (AvgIpc) is 2.91. The Hall–Kier alpha value is -4.51. The summed E-state index contributed by atoms with van der Waals surface area (Å²) in [5.41, 5.74) is 9.01. The summed E-state index contributed by atoms with van der Waals surface area (Å²) in [4.78, 5) is 24.2. The highest BCUT2D eigenvalue weighted by molar-refractivity contribution is 5.81. The van der Waals surface area contributed by atoms with Crippen LogP contribution in [0.4, 0.5) is 11.4 Å². The molecule has 0 radical (unpaired) electrons. The number of hydrogen-bond acceptors (Lipinski definition) is 5. The first-order chi connectivity index (χ1) is 17.0. The second kappa shape index (κ2) is 19.0. The van der Waals surface area contributed by atoms with Crippen molar-refractivity contribution in [1.29, 1.82) is 0 Å². The third-order valence-corrected chi connectivity index (χ3v) is 4.00. The van der Waals surface area contributed by atoms with Crippen molar-refractivity contribution in [1.82, 2.24) is 0 Å². The van der Waals surface area contributed by atoms with Crippen LogP contribution in [0.3, 0.4) is 0 Å². The first kappa shape index (κ1) is 28.5. The first-order valence-corrected chi connectivity index (χ1v) is 11.1. The van der Waals surface area contributed by atoms with E-state index in [1.54, 1.807) is 19.1 Å². The number of aliphatic imine (C=N–C) groups is 1. The molecule has 0 atom stereocenters. The van der Waals surface area contributed by atoms with E-state index in [4.69, 9.17) is 5.73 Å². The molecule has 5 heteroatoms. The molecule has 2 N–H and O–H groups in total. The number of carbonyl (C=O) groups is 2. The van der Waals surface area contributed by atoms with Gasteiger partial charge in [0.05, 0.1) is 12.3 Å². The van der Waals surface area contributed by atoms with E-state index in [9.17, 15) is 9.59 Å². The summed E-state index contributed by atoms with van der Waals surface area (Å²) in [6, 6.07) is 38.6. The van der Waals surface area contributed by atoms with Gasteiger partial charge < -0.3 is 10.5 Å². The Morgan fingerprint density at radius 1 is 0.743 bits per heavy atom. The molecule has 4 aromatic rings. The number of para-hydroxylation sites is 2. The molecular weight excluding hydrogens is 436 g/mol. The van der Waals surface area contributed by atoms with Crippen molar-refractivity contribution < 1.29 is 14.3 Å². The van der Waals surface area contributed by atoms with Gasteiger partial charge in [-0.05, 0) is 36.8 Å². The predicted molar refractivity (Wildman–Crippen MR) is 145 cm³/mol. The molecule has 35 heavy (non-hydrogen) atoms. The lowest BCUT2D eigenvalue weighted by molar-refractivity contribution is -0.140. The fraction of sp³-hybridized carbons (Fsp3) is 0.100. The molecule has 0 saturated carbocycles. The zero-order valence-electron chi connectivity index (χ0n) is 20.2. The van der Waals surface area contributed by atoms with E-state index < -0.39 is 0 Å². The maximum absolute atomic E-state index is 10.0. The SMILES string of the molecule is C(=Nc1ccccc1)c1ccccc1.CCOC(C)=O.Nc1ccccc1.O=Cc1ccccc1. The molecule has 0 spiro atoms. The van der Waals surface area contributed by atoms with Gasteiger partial charge >= 0.3 is 5.97 Å². The minimum absolute atomic E-state index is 0.211. The number of nitrogens with zero attached hydrogens (tertiary/aromatic N) is 1. The van der Waals surface area contributed by atoms with Gasteiger partial charge in [0.1, 0.15) is 6.29 Å². The Kier molecular flexibility index (Phi) is 15.5. The summed E-state index contributed by atoms with van der Waals surface area (Å²) >= 11 is 0. The molecule has 0 heterocycles. The van der Waals surface area contributed by atoms with Crippen molar-refractivity contribution in [3.8, 4) is 0 Å². The van der Waals surface area contributed by atoms with E-state index >= 15 is 0 Å². The highest BCUT2D eigenvalue weighted by Crippen LogP contribution is 2.09. The molecule has 0 amide bonds. The zero-order chi connectivity index (χ0) is 25.6. The summed E-state index contributed by atoms with van der Waals surface area (Å²) in [6.07, 6.45) is 2.70. The Morgan fingerprint density at radius 3 is 1.49 bits per heavy atom. The van der Waals surface area contributed by atoms with E-state index in [1.165, 1.54) is 6.92 Å². The third kappa shape index (κ3) is 15.9. The summed E-state index contributed by atoms with van der Waals surface area (Å²) in [5, 5.41) is 0. The number of nitrogen functional groups attached to an aromatic ring is 1. The zero-order valence-corrected chi connectivity index (χ0v) is 20.2. The molecular formula is C30H32N2O3. The molecule has 4 aromatic carbocycles. The van der Waals surface area contributed by atoms with Crippen LogP contribution < -0.4 is 5.73 Å². The van der Waals surface area contributed by atoms with Crippen molar-refractivity contribution in [2.24, 2.45) is 4.99 Å². The van der Waals surface area contributed by atoms with Crippen LogP contribution in [0.5, 0.6) is 0 Å². The van der Waals surface area contributed by atoms with Gasteiger partial charge in [-0.2, -0.15) is 0 Å². The molecule has 5 nitrogen and oxygen atoms in total. The number of nitrogens with two attached hydrogens (primary N) is 1. The quantitative estimate of drug-likeness (QED) is 0.155. The Morgan fingerprint density at radius 2 is 1.17 bits per heavy atom. The summed E-state index contributed by atoms with van der Waals surface area (Å²) < 4.78 is 4.40. The Balaban J connectivity index is 0.000000251. The van der Waals surface area contributed by atoms with Gasteiger partial charge in [-0.3, -0.25) is 14.6 Å². The number of hydrogen-bond donors (Lipinski definition) is 1. The van der Waals surface area contributed by atoms with Gasteiger partial charge in [-0.25, -0.2) is 0 Å². The second-order valence-corrected chi connectivity index (χ2v) is 6.87. The third-order valence-electron chi connectivity index (χ3n) is 4.00. The number of anilines is 1. The molecule has 0 fully saturated rings. The van der Waals surface area contributed by atoms with Crippen LogP contribution in [0.15, 0.2) is 126 Å². The number of aldehydes is 1. The highest BCUT2D eigenvalue weighted by atomic mass is 16.5. The monoisotopic (exact) mass is 468 g/mol. The van der Waals surface area contributed by atoms with Crippen LogP contribution in [0, 0.1) is 0 Å². The molecule has 0 aliphatic heterocycles. The molecule has 0 aliphatic carbocycles. The summed E-state index contributed by atoms with van der Waals surface area (Å²) in [5.74, 6) is -0.211. The van der Waals surface area contributed by atoms with Crippen molar-refractivity contribution in [2.75, 3.05) is 12.3 Å². The molecule has 0 aliphatic rings. The van der Waals surface area contributed by atoms with E-state index in [0.717, 1.165) is 28.8 Å². The van der Waals surface area contributed by atoms with E-state index in [2.05, 4.69) is 9.73 Å². The van der Waals surface area contributed by atoms with Crippen LogP contribution in [0.25, 0.3) is 0 Å². The van der Waals surface area contributed by atoms with E-state index in [0.29, 0.717) is 6.61 Å². The van der Waals surface area contributed by atoms with Gasteiger partial charge in [0.2, 0.25) is 0 Å². The lowest BCUT2D eigenvalue weighted by Gasteiger charge is -1.92. The van der Waals surface area contributed by atoms with Crippen molar-refractivity contribution in [2.45, 2.75) is 13.8 Å². The molecule has 0 bridgehead atoms. The van der Waals surface area contributed by atoms with Crippen LogP contribution in [0.2, 0.25) is 0 Å². The van der Waals surface area contributed by atoms with Crippen LogP contribution in [-0.4, -0.2) is 25.1 Å². The lowest BCUT2D eigenvalue weighted by atomic mass is 10.2. The van der Waals surface area contributed by atoms with Gasteiger partial charge in [0.15, 0.2) is 0 Å². The van der Waals surface area contributed by atoms with Crippen molar-refractivity contribution >= 4 is 29.8 Å². The number of benzene rings is 4. The first-order valence-electron chi connectivity index (χ1n) is 11.1. The molecule has 0 saturated heterocycles. The summed E-state index contributed by atoms with van der Waals surface area (Å²) in [6.45, 7) is 3.65. The number of esters is 1. The number of rotatable bonds is 4. The number of carbonyl (C=O) groups excluding carboxylic acids is 2. The lowest BCUT2D eigenvalue weighted by Crippen LogP contribution is -1.95. The molecule has 0 unspecified atom stereocenters. The minimum Gasteiger partial charge on any atom is -0.466 e. The highest BCUT2D eigenvalue weighted by Gasteiger charge is 1.85. The normalized spacial score (nSPS) is 9.20. The Bertz CT molecular complexity index is 1040. The van der Waals surface area contributed by atoms with Crippen molar-refractivity contribution in [3.63, 3.8) is 0 Å². The van der Waals surface area contributed by atoms with Crippen LogP contribution in [0.1, 0.15) is 29.8 Å². The van der Waals surface area contributed by atoms with E-state index in [1.807, 2.05) is 115 Å². The fourth-order valence-corrected chi connectivity index (χ4v) is 2.39. The smallest absolute Gasteiger partial charge is 0.302 e. The van der Waals surface area contributed by atoms with Crippen LogP contribution in [-0.2, 0) is 9.53 Å². The van der Waals surface area contributed by atoms with Gasteiger partial charge in [0, 0.05) is 24.4 Å². The summed E-state index contributed by atoms with van der Waals surface area (Å²) in [7, 11) is 0. The van der Waals surface area contributed by atoms with Gasteiger partial charge in [0.25, 0.3) is 0 Å². The predicted octanol–water partition coefficient (Wildman–Crippen LogP) is 6.77. The Labute approximate surface area is 207 Å². The molecule has 4 rings (SSSR count). The van der Waals surface area contributed by atoms with Gasteiger partial charge in [-0.1, -0.05) is 97.1 Å². The topological polar surface area (TPSA) is 81.8 Å². The number of ether oxygens (including phenoxy) is 1. The average molecular weight is 469 g/mol. The van der Waals surface area contributed by atoms with Crippen molar-refractivity contribution in [3.05, 3.63) is 132 Å². The van der Waals surface area contributed by atoms with Crippen LogP contribution >= 0.6 is 0 Å². The standard InChI is InChI=1S/C13H11N.C7H6O.C6H7N.C4H8O2/c1-3-7-12(8-4-1)11-14-13-9-5-2-6-10-13;8-6-7-4-2-1-3-5-7;7-6-4-2-1-3-5-6;1-3-6-4(2)5/h1-11H;1-6H;1-5H,7H2;3H2,1-2H3. The largest absolute Gasteiger partial charge is 0.466 e. The maximum Gasteiger partial charge on any atom is 0.302 e. The minimum atomic E-state index is -0.211. The van der Waals surface area contributed by atoms with Gasteiger partial charge in [-0.15, -0.1) is 0 Å². The molecule has 0 aromatic heterocycles.